The van der Waals surface area contributed by atoms with Gasteiger partial charge in [-0.1, -0.05) is 24.3 Å². The molecule has 1 fully saturated rings. The number of hydrogen-bond acceptors (Lipinski definition) is 6. The molecule has 0 saturated carbocycles. The van der Waals surface area contributed by atoms with Crippen LogP contribution < -0.4 is 5.32 Å². The Balaban J connectivity index is 0.00000363. The molecule has 32 heavy (non-hydrogen) atoms. The van der Waals surface area contributed by atoms with Gasteiger partial charge in [-0.3, -0.25) is 4.90 Å². The van der Waals surface area contributed by atoms with Gasteiger partial charge in [-0.25, -0.2) is 9.98 Å². The Hall–Kier alpha value is -1.27. The van der Waals surface area contributed by atoms with Gasteiger partial charge in [0.2, 0.25) is 0 Å². The van der Waals surface area contributed by atoms with E-state index in [1.54, 1.807) is 18.4 Å². The average molecular weight is 574 g/mol. The number of halogens is 1. The zero-order valence-corrected chi connectivity index (χ0v) is 22.7. The van der Waals surface area contributed by atoms with Gasteiger partial charge in [0.15, 0.2) is 5.96 Å². The molecule has 178 valence electrons. The van der Waals surface area contributed by atoms with Crippen molar-refractivity contribution in [3.8, 4) is 0 Å². The Bertz CT molecular complexity index is 841. The number of methoxy groups -OCH3 is 1. The number of nitrogens with one attached hydrogen (secondary N) is 1. The summed E-state index contributed by atoms with van der Waals surface area (Å²) < 4.78 is 10.9. The number of ether oxygens (including phenoxy) is 2. The van der Waals surface area contributed by atoms with Crippen LogP contribution in [0.25, 0.3) is 0 Å². The lowest BCUT2D eigenvalue weighted by molar-refractivity contribution is 0.0341. The van der Waals surface area contributed by atoms with Crippen LogP contribution in [-0.4, -0.2) is 67.7 Å². The third-order valence-corrected chi connectivity index (χ3v) is 6.44. The Morgan fingerprint density at radius 1 is 1.31 bits per heavy atom. The maximum absolute atomic E-state index is 5.48. The van der Waals surface area contributed by atoms with Gasteiger partial charge in [0, 0.05) is 45.7 Å². The number of rotatable bonds is 9. The number of thiazole rings is 1. The molecule has 1 unspecified atom stereocenters. The van der Waals surface area contributed by atoms with Crippen molar-refractivity contribution in [2.45, 2.75) is 39.6 Å². The van der Waals surface area contributed by atoms with E-state index in [9.17, 15) is 0 Å². The normalized spacial score (nSPS) is 15.8. The standard InChI is InChI=1S/C23H35N5O2S.HI/c1-5-24-23(27(3)16-21-17-31-22(26-21)18(2)29-4)25-14-19-8-6-7-9-20(19)15-28-10-12-30-13-11-28;/h6-9,17-18H,5,10-16H2,1-4H3,(H,24,25);1H. The number of aliphatic imine (C=N–C) groups is 1. The number of benzene rings is 1. The van der Waals surface area contributed by atoms with Crippen LogP contribution in [0.5, 0.6) is 0 Å². The summed E-state index contributed by atoms with van der Waals surface area (Å²) in [6.07, 6.45) is 0.0222. The Labute approximate surface area is 213 Å². The third-order valence-electron chi connectivity index (χ3n) is 5.38. The monoisotopic (exact) mass is 573 g/mol. The molecule has 0 bridgehead atoms. The van der Waals surface area contributed by atoms with Crippen LogP contribution in [0.4, 0.5) is 0 Å². The number of aromatic nitrogens is 1. The van der Waals surface area contributed by atoms with Crippen molar-refractivity contribution in [2.75, 3.05) is 47.0 Å². The van der Waals surface area contributed by atoms with Gasteiger partial charge < -0.3 is 19.7 Å². The van der Waals surface area contributed by atoms with Gasteiger partial charge in [0.05, 0.1) is 32.0 Å². The van der Waals surface area contributed by atoms with Crippen molar-refractivity contribution in [1.82, 2.24) is 20.1 Å². The Kier molecular flexibility index (Phi) is 11.9. The molecule has 1 aromatic heterocycles. The first-order valence-electron chi connectivity index (χ1n) is 10.9. The minimum atomic E-state index is 0. The van der Waals surface area contributed by atoms with Gasteiger partial charge in [-0.05, 0) is 25.0 Å². The number of nitrogens with zero attached hydrogens (tertiary/aromatic N) is 4. The molecule has 2 aromatic rings. The van der Waals surface area contributed by atoms with Crippen LogP contribution in [0.3, 0.4) is 0 Å². The fourth-order valence-electron chi connectivity index (χ4n) is 3.50. The van der Waals surface area contributed by atoms with E-state index in [-0.39, 0.29) is 30.1 Å². The first-order valence-corrected chi connectivity index (χ1v) is 11.8. The summed E-state index contributed by atoms with van der Waals surface area (Å²) in [5.41, 5.74) is 3.64. The highest BCUT2D eigenvalue weighted by atomic mass is 127. The lowest BCUT2D eigenvalue weighted by Crippen LogP contribution is -2.38. The predicted molar refractivity (Wildman–Crippen MR) is 142 cm³/mol. The highest BCUT2D eigenvalue weighted by molar-refractivity contribution is 14.0. The third kappa shape index (κ3) is 7.95. The highest BCUT2D eigenvalue weighted by Crippen LogP contribution is 2.21. The molecule has 9 heteroatoms. The van der Waals surface area contributed by atoms with E-state index in [0.29, 0.717) is 13.1 Å². The first-order chi connectivity index (χ1) is 15.1. The van der Waals surface area contributed by atoms with Crippen LogP contribution in [0.15, 0.2) is 34.6 Å². The molecular formula is C23H36IN5O2S. The maximum Gasteiger partial charge on any atom is 0.194 e. The Morgan fingerprint density at radius 3 is 2.72 bits per heavy atom. The molecule has 7 nitrogen and oxygen atoms in total. The van der Waals surface area contributed by atoms with Crippen molar-refractivity contribution in [1.29, 1.82) is 0 Å². The quantitative estimate of drug-likeness (QED) is 0.279. The number of guanidine groups is 1. The molecule has 0 spiro atoms. The van der Waals surface area contributed by atoms with Crippen LogP contribution >= 0.6 is 35.3 Å². The van der Waals surface area contributed by atoms with E-state index >= 15 is 0 Å². The first kappa shape index (κ1) is 27.0. The molecule has 1 aliphatic heterocycles. The SMILES string of the molecule is CCNC(=NCc1ccccc1CN1CCOCC1)N(C)Cc1csc(C(C)OC)n1.I. The van der Waals surface area contributed by atoms with Gasteiger partial charge in [-0.2, -0.15) is 0 Å². The van der Waals surface area contributed by atoms with Crippen molar-refractivity contribution in [3.63, 3.8) is 0 Å². The molecular weight excluding hydrogens is 537 g/mol. The number of morpholine rings is 1. The zero-order valence-electron chi connectivity index (χ0n) is 19.5. The van der Waals surface area contributed by atoms with Gasteiger partial charge >= 0.3 is 0 Å². The lowest BCUT2D eigenvalue weighted by atomic mass is 10.1. The molecule has 0 amide bonds. The highest BCUT2D eigenvalue weighted by Gasteiger charge is 2.14. The van der Waals surface area contributed by atoms with Crippen LogP contribution in [-0.2, 0) is 29.1 Å². The molecule has 3 rings (SSSR count). The van der Waals surface area contributed by atoms with Gasteiger partial charge in [0.1, 0.15) is 11.1 Å². The van der Waals surface area contributed by atoms with E-state index in [0.717, 1.165) is 56.1 Å². The summed E-state index contributed by atoms with van der Waals surface area (Å²) in [6, 6.07) is 8.60. The molecule has 1 aromatic carbocycles. The number of hydrogen-bond donors (Lipinski definition) is 1. The van der Waals surface area contributed by atoms with Gasteiger partial charge in [-0.15, -0.1) is 35.3 Å². The summed E-state index contributed by atoms with van der Waals surface area (Å²) in [7, 11) is 3.77. The van der Waals surface area contributed by atoms with E-state index in [2.05, 4.69) is 58.7 Å². The molecule has 2 heterocycles. The van der Waals surface area contributed by atoms with Crippen LogP contribution in [0, 0.1) is 0 Å². The zero-order chi connectivity index (χ0) is 22.1. The second kappa shape index (κ2) is 14.1. The van der Waals surface area contributed by atoms with Crippen molar-refractivity contribution < 1.29 is 9.47 Å². The van der Waals surface area contributed by atoms with Crippen LogP contribution in [0.1, 0.15) is 41.8 Å². The maximum atomic E-state index is 5.48. The topological polar surface area (TPSA) is 62.2 Å². The average Bonchev–Trinajstić information content (AvgIpc) is 3.26. The minimum Gasteiger partial charge on any atom is -0.379 e. The van der Waals surface area contributed by atoms with E-state index in [1.165, 1.54) is 11.1 Å². The smallest absolute Gasteiger partial charge is 0.194 e. The Morgan fingerprint density at radius 2 is 2.03 bits per heavy atom. The molecule has 1 saturated heterocycles. The predicted octanol–water partition coefficient (Wildman–Crippen LogP) is 3.90. The van der Waals surface area contributed by atoms with Crippen molar-refractivity contribution in [2.24, 2.45) is 4.99 Å². The molecule has 0 aliphatic carbocycles. The fraction of sp³-hybridized carbons (Fsp3) is 0.565. The van der Waals surface area contributed by atoms with E-state index in [1.807, 2.05) is 6.92 Å². The molecule has 1 aliphatic rings. The molecule has 0 radical (unpaired) electrons. The summed E-state index contributed by atoms with van der Waals surface area (Å²) in [4.78, 5) is 14.2. The summed E-state index contributed by atoms with van der Waals surface area (Å²) >= 11 is 1.64. The van der Waals surface area contributed by atoms with E-state index < -0.39 is 0 Å². The van der Waals surface area contributed by atoms with Crippen molar-refractivity contribution >= 4 is 41.3 Å². The second-order valence-corrected chi connectivity index (χ2v) is 8.63. The summed E-state index contributed by atoms with van der Waals surface area (Å²) in [5.74, 6) is 0.887. The van der Waals surface area contributed by atoms with E-state index in [4.69, 9.17) is 19.5 Å². The van der Waals surface area contributed by atoms with Crippen LogP contribution in [0.2, 0.25) is 0 Å². The summed E-state index contributed by atoms with van der Waals surface area (Å²) in [6.45, 7) is 10.8. The fourth-order valence-corrected chi connectivity index (χ4v) is 4.34. The minimum absolute atomic E-state index is 0. The second-order valence-electron chi connectivity index (χ2n) is 7.74. The molecule has 1 atom stereocenters. The largest absolute Gasteiger partial charge is 0.379 e. The lowest BCUT2D eigenvalue weighted by Gasteiger charge is -2.27. The molecule has 1 N–H and O–H groups in total. The van der Waals surface area contributed by atoms with Gasteiger partial charge in [0.25, 0.3) is 0 Å². The van der Waals surface area contributed by atoms with Crippen molar-refractivity contribution in [3.05, 3.63) is 51.5 Å². The summed E-state index contributed by atoms with van der Waals surface area (Å²) in [5, 5.41) is 6.52.